The number of aliphatic imine (C=N–C) groups is 2. The molecule has 5 heteroatoms. The fourth-order valence-corrected chi connectivity index (χ4v) is 4.73. The molecule has 2 aromatic rings. The van der Waals surface area contributed by atoms with E-state index in [4.69, 9.17) is 14.7 Å². The lowest BCUT2D eigenvalue weighted by atomic mass is 10.0. The average molecular weight is 441 g/mol. The number of nitrogens with one attached hydrogen (secondary N) is 1. The summed E-state index contributed by atoms with van der Waals surface area (Å²) >= 11 is 0. The third-order valence-electron chi connectivity index (χ3n) is 6.38. The van der Waals surface area contributed by atoms with Crippen LogP contribution in [0.1, 0.15) is 31.7 Å². The Labute approximate surface area is 195 Å². The smallest absolute Gasteiger partial charge is 0.131 e. The highest BCUT2D eigenvalue weighted by Crippen LogP contribution is 2.25. The Hall–Kier alpha value is -3.18. The van der Waals surface area contributed by atoms with Crippen LogP contribution in [0.3, 0.4) is 0 Å². The van der Waals surface area contributed by atoms with Crippen LogP contribution >= 0.6 is 0 Å². The molecule has 0 bridgehead atoms. The largest absolute Gasteiger partial charge is 0.493 e. The number of para-hydroxylation sites is 1. The summed E-state index contributed by atoms with van der Waals surface area (Å²) in [5.41, 5.74) is 3.60. The van der Waals surface area contributed by atoms with E-state index < -0.39 is 0 Å². The van der Waals surface area contributed by atoms with Crippen molar-refractivity contribution >= 4 is 23.7 Å². The lowest BCUT2D eigenvalue weighted by Gasteiger charge is -2.21. The van der Waals surface area contributed by atoms with E-state index in [0.717, 1.165) is 62.8 Å². The lowest BCUT2D eigenvalue weighted by Crippen LogP contribution is -2.38. The lowest BCUT2D eigenvalue weighted by molar-refractivity contribution is 0.294. The van der Waals surface area contributed by atoms with Crippen molar-refractivity contribution < 1.29 is 4.74 Å². The molecule has 33 heavy (non-hydrogen) atoms. The zero-order valence-electron chi connectivity index (χ0n) is 19.3. The van der Waals surface area contributed by atoms with Crippen LogP contribution in [0.2, 0.25) is 0 Å². The molecule has 5 nitrogen and oxygen atoms in total. The number of hydrogen-bond acceptors (Lipinski definition) is 5. The van der Waals surface area contributed by atoms with Gasteiger partial charge in [-0.2, -0.15) is 0 Å². The molecule has 170 valence electrons. The zero-order valence-corrected chi connectivity index (χ0v) is 19.3. The number of likely N-dealkylation sites (tertiary alicyclic amines) is 1. The van der Waals surface area contributed by atoms with E-state index in [2.05, 4.69) is 77.8 Å². The van der Waals surface area contributed by atoms with E-state index in [1.54, 1.807) is 0 Å². The fraction of sp³-hybridized carbons (Fsp3) is 0.357. The number of hydrogen-bond donors (Lipinski definition) is 1. The van der Waals surface area contributed by atoms with Gasteiger partial charge in [0.05, 0.1) is 12.5 Å². The van der Waals surface area contributed by atoms with Crippen LogP contribution in [-0.4, -0.2) is 42.8 Å². The Morgan fingerprint density at radius 3 is 2.73 bits per heavy atom. The third-order valence-corrected chi connectivity index (χ3v) is 6.38. The Bertz CT molecular complexity index is 1210. The number of benzene rings is 2. The quantitative estimate of drug-likeness (QED) is 0.750. The number of amidine groups is 1. The molecule has 1 fully saturated rings. The molecule has 1 saturated heterocycles. The van der Waals surface area contributed by atoms with Crippen LogP contribution in [0, 0.1) is 5.92 Å². The first-order valence-electron chi connectivity index (χ1n) is 12.0. The van der Waals surface area contributed by atoms with E-state index in [1.165, 1.54) is 21.7 Å². The van der Waals surface area contributed by atoms with Crippen molar-refractivity contribution in [3.63, 3.8) is 0 Å². The minimum Gasteiger partial charge on any atom is -0.493 e. The predicted molar refractivity (Wildman–Crippen MR) is 136 cm³/mol. The average Bonchev–Trinajstić information content (AvgIpc) is 3.24. The summed E-state index contributed by atoms with van der Waals surface area (Å²) in [6, 6.07) is 17.0. The Morgan fingerprint density at radius 2 is 1.82 bits per heavy atom. The van der Waals surface area contributed by atoms with Gasteiger partial charge in [0.15, 0.2) is 0 Å². The molecule has 0 saturated carbocycles. The van der Waals surface area contributed by atoms with Gasteiger partial charge in [0, 0.05) is 36.6 Å². The summed E-state index contributed by atoms with van der Waals surface area (Å²) in [4.78, 5) is 12.0. The van der Waals surface area contributed by atoms with E-state index in [-0.39, 0.29) is 5.92 Å². The van der Waals surface area contributed by atoms with Crippen LogP contribution in [0.4, 0.5) is 0 Å². The first-order valence-corrected chi connectivity index (χ1v) is 12.0. The van der Waals surface area contributed by atoms with Crippen molar-refractivity contribution in [3.05, 3.63) is 76.3 Å². The second kappa shape index (κ2) is 10.2. The van der Waals surface area contributed by atoms with Crippen LogP contribution in [0.5, 0.6) is 5.75 Å². The molecule has 0 radical (unpaired) electrons. The summed E-state index contributed by atoms with van der Waals surface area (Å²) in [5.74, 6) is 2.26. The summed E-state index contributed by atoms with van der Waals surface area (Å²) in [6.07, 6.45) is 9.93. The maximum absolute atomic E-state index is 5.98. The summed E-state index contributed by atoms with van der Waals surface area (Å²) < 4.78 is 5.98. The first-order chi connectivity index (χ1) is 16.3. The highest BCUT2D eigenvalue weighted by Gasteiger charge is 2.34. The Kier molecular flexibility index (Phi) is 6.68. The van der Waals surface area contributed by atoms with Crippen LogP contribution in [0.25, 0.3) is 12.2 Å². The van der Waals surface area contributed by atoms with Crippen molar-refractivity contribution in [1.29, 1.82) is 0 Å². The second-order valence-electron chi connectivity index (χ2n) is 8.85. The summed E-state index contributed by atoms with van der Waals surface area (Å²) in [6.45, 7) is 6.06. The monoisotopic (exact) mass is 440 g/mol. The van der Waals surface area contributed by atoms with Gasteiger partial charge >= 0.3 is 0 Å². The van der Waals surface area contributed by atoms with Crippen molar-refractivity contribution in [1.82, 2.24) is 10.2 Å². The standard InChI is InChI=1S/C28H32N4O/c1-2-15-33-27-14-8-6-12-23(27)17-32-18-25-26(19-32)29-20-30-28(25)31-24-13-7-5-10-21-9-3-4-11-22(21)16-24/h3-4,6,8-14,16,25H,2,5,7,15,17-20H2,1H3,(H,30,31). The van der Waals surface area contributed by atoms with Gasteiger partial charge < -0.3 is 10.1 Å². The maximum atomic E-state index is 5.98. The van der Waals surface area contributed by atoms with Crippen molar-refractivity contribution in [2.24, 2.45) is 15.9 Å². The molecular weight excluding hydrogens is 408 g/mol. The van der Waals surface area contributed by atoms with Crippen molar-refractivity contribution in [2.45, 2.75) is 32.7 Å². The SMILES string of the molecule is CCCOc1ccccc1CN1CC2=NCN=C(NC3=CCCC=c4ccccc4=C3)C2C1. The third kappa shape index (κ3) is 5.09. The number of allylic oxidation sites excluding steroid dienone is 2. The number of fused-ring (bicyclic) bond motifs is 2. The predicted octanol–water partition coefficient (Wildman–Crippen LogP) is 3.25. The Morgan fingerprint density at radius 1 is 1.00 bits per heavy atom. The molecule has 0 spiro atoms. The Balaban J connectivity index is 1.31. The van der Waals surface area contributed by atoms with Gasteiger partial charge in [-0.25, -0.2) is 4.99 Å². The van der Waals surface area contributed by atoms with Gasteiger partial charge in [0.2, 0.25) is 0 Å². The molecule has 3 aliphatic rings. The first kappa shape index (κ1) is 21.7. The van der Waals surface area contributed by atoms with Crippen molar-refractivity contribution in [2.75, 3.05) is 26.4 Å². The highest BCUT2D eigenvalue weighted by atomic mass is 16.5. The van der Waals surface area contributed by atoms with E-state index in [9.17, 15) is 0 Å². The zero-order chi connectivity index (χ0) is 22.5. The molecule has 1 aliphatic carbocycles. The van der Waals surface area contributed by atoms with Gasteiger partial charge in [-0.05, 0) is 41.8 Å². The summed E-state index contributed by atoms with van der Waals surface area (Å²) in [5, 5.41) is 6.22. The molecule has 2 heterocycles. The molecule has 1 unspecified atom stereocenters. The highest BCUT2D eigenvalue weighted by molar-refractivity contribution is 6.10. The van der Waals surface area contributed by atoms with Crippen LogP contribution in [-0.2, 0) is 6.54 Å². The van der Waals surface area contributed by atoms with Gasteiger partial charge in [0.25, 0.3) is 0 Å². The van der Waals surface area contributed by atoms with Gasteiger partial charge in [0.1, 0.15) is 18.3 Å². The normalized spacial score (nSPS) is 20.0. The van der Waals surface area contributed by atoms with Crippen LogP contribution in [0.15, 0.2) is 70.3 Å². The van der Waals surface area contributed by atoms with E-state index >= 15 is 0 Å². The second-order valence-corrected chi connectivity index (χ2v) is 8.85. The minimum atomic E-state index is 0.226. The molecule has 2 aromatic carbocycles. The van der Waals surface area contributed by atoms with E-state index in [1.807, 2.05) is 6.07 Å². The topological polar surface area (TPSA) is 49.2 Å². The van der Waals surface area contributed by atoms with Gasteiger partial charge in [-0.3, -0.25) is 9.89 Å². The summed E-state index contributed by atoms with van der Waals surface area (Å²) in [7, 11) is 0. The molecule has 1 N–H and O–H groups in total. The van der Waals surface area contributed by atoms with E-state index in [0.29, 0.717) is 6.67 Å². The van der Waals surface area contributed by atoms with Crippen molar-refractivity contribution in [3.8, 4) is 5.75 Å². The number of rotatable bonds is 6. The number of ether oxygens (including phenoxy) is 1. The van der Waals surface area contributed by atoms with Gasteiger partial charge in [-0.1, -0.05) is 61.5 Å². The molecule has 5 rings (SSSR count). The molecule has 0 amide bonds. The molecular formula is C28H32N4O. The fourth-order valence-electron chi connectivity index (χ4n) is 4.73. The minimum absolute atomic E-state index is 0.226. The van der Waals surface area contributed by atoms with Gasteiger partial charge in [-0.15, -0.1) is 0 Å². The molecule has 2 aliphatic heterocycles. The number of nitrogens with zero attached hydrogens (tertiary/aromatic N) is 3. The molecule has 1 atom stereocenters. The molecule has 0 aromatic heterocycles. The van der Waals surface area contributed by atoms with Crippen LogP contribution < -0.4 is 20.5 Å². The maximum Gasteiger partial charge on any atom is 0.131 e.